The van der Waals surface area contributed by atoms with Gasteiger partial charge in [0.15, 0.2) is 0 Å². The summed E-state index contributed by atoms with van der Waals surface area (Å²) >= 11 is 5.87. The molecule has 0 aromatic heterocycles. The van der Waals surface area contributed by atoms with E-state index in [0.717, 1.165) is 12.1 Å². The normalized spacial score (nSPS) is 26.1. The monoisotopic (exact) mass is 540 g/mol. The van der Waals surface area contributed by atoms with Crippen LogP contribution in [-0.2, 0) is 14.8 Å². The van der Waals surface area contributed by atoms with E-state index in [1.165, 1.54) is 33.5 Å². The van der Waals surface area contributed by atoms with Crippen molar-refractivity contribution in [1.82, 2.24) is 9.21 Å². The molecule has 1 saturated carbocycles. The highest BCUT2D eigenvalue weighted by Gasteiger charge is 2.60. The zero-order valence-corrected chi connectivity index (χ0v) is 21.0. The predicted molar refractivity (Wildman–Crippen MR) is 128 cm³/mol. The van der Waals surface area contributed by atoms with E-state index >= 15 is 0 Å². The van der Waals surface area contributed by atoms with E-state index in [-0.39, 0.29) is 11.6 Å². The first-order valence-corrected chi connectivity index (χ1v) is 13.8. The Morgan fingerprint density at radius 2 is 1.89 bits per heavy atom. The van der Waals surface area contributed by atoms with Gasteiger partial charge in [0, 0.05) is 18.1 Å². The van der Waals surface area contributed by atoms with E-state index in [1.54, 1.807) is 6.07 Å². The summed E-state index contributed by atoms with van der Waals surface area (Å²) in [5, 5.41) is 9.86. The van der Waals surface area contributed by atoms with Gasteiger partial charge in [0.1, 0.15) is 22.1 Å². The van der Waals surface area contributed by atoms with Crippen LogP contribution >= 0.6 is 11.6 Å². The molecule has 2 heterocycles. The standard InChI is InChI=1S/C25H27ClF2N2O5S/c26-17-7-8-22(20(28)14-17)36(33,34)30-21(16-3-1-4-18(27)13-16)5-2-6-23(30)25(10-11-25)35-24(32)29-12-9-19(31)15-29/h1,3-4,7-8,13-14,19,21,23,31H,2,5-6,9-12,15H2/t19?,21-,23+/m0/s1. The molecule has 2 saturated heterocycles. The van der Waals surface area contributed by atoms with Gasteiger partial charge in [-0.05, 0) is 74.4 Å². The lowest BCUT2D eigenvalue weighted by atomic mass is 9.90. The topological polar surface area (TPSA) is 87.2 Å². The Labute approximate surface area is 213 Å². The zero-order chi connectivity index (χ0) is 25.7. The minimum atomic E-state index is -4.44. The van der Waals surface area contributed by atoms with Crippen molar-refractivity contribution in [2.45, 2.75) is 67.2 Å². The van der Waals surface area contributed by atoms with Crippen molar-refractivity contribution in [3.63, 3.8) is 0 Å². The Bertz CT molecular complexity index is 1270. The number of sulfonamides is 1. The van der Waals surface area contributed by atoms with Crippen LogP contribution in [0.15, 0.2) is 47.4 Å². The van der Waals surface area contributed by atoms with Gasteiger partial charge in [-0.1, -0.05) is 23.7 Å². The second-order valence-corrected chi connectivity index (χ2v) is 12.0. The number of carbonyl (C=O) groups excluding carboxylic acids is 1. The highest BCUT2D eigenvalue weighted by molar-refractivity contribution is 7.89. The van der Waals surface area contributed by atoms with Crippen LogP contribution in [0.1, 0.15) is 50.1 Å². The number of nitrogens with zero attached hydrogens (tertiary/aromatic N) is 2. The number of amides is 1. The van der Waals surface area contributed by atoms with Crippen LogP contribution in [0, 0.1) is 11.6 Å². The molecular weight excluding hydrogens is 514 g/mol. The van der Waals surface area contributed by atoms with Gasteiger partial charge >= 0.3 is 6.09 Å². The molecule has 3 aliphatic rings. The fourth-order valence-corrected chi connectivity index (χ4v) is 7.53. The number of aliphatic hydroxyl groups is 1. The number of β-amino-alcohol motifs (C(OH)–C–C–N with tert-alkyl or cyclic N) is 1. The molecule has 0 bridgehead atoms. The van der Waals surface area contributed by atoms with Crippen LogP contribution in [0.2, 0.25) is 5.02 Å². The molecule has 5 rings (SSSR count). The first-order valence-electron chi connectivity index (χ1n) is 12.0. The number of aliphatic hydroxyl groups excluding tert-OH is 1. The predicted octanol–water partition coefficient (Wildman–Crippen LogP) is 4.64. The van der Waals surface area contributed by atoms with E-state index in [0.29, 0.717) is 50.6 Å². The van der Waals surface area contributed by atoms with Crippen LogP contribution in [0.3, 0.4) is 0 Å². The minimum absolute atomic E-state index is 0.0590. The smallest absolute Gasteiger partial charge is 0.410 e. The number of hydrogen-bond acceptors (Lipinski definition) is 5. The van der Waals surface area contributed by atoms with Crippen LogP contribution < -0.4 is 0 Å². The van der Waals surface area contributed by atoms with Crippen molar-refractivity contribution < 1.29 is 31.8 Å². The fraction of sp³-hybridized carbons (Fsp3) is 0.480. The molecule has 0 radical (unpaired) electrons. The molecule has 1 N–H and O–H groups in total. The van der Waals surface area contributed by atoms with E-state index in [1.807, 2.05) is 0 Å². The summed E-state index contributed by atoms with van der Waals surface area (Å²) in [6, 6.07) is 7.54. The van der Waals surface area contributed by atoms with E-state index in [4.69, 9.17) is 16.3 Å². The number of ether oxygens (including phenoxy) is 1. The highest BCUT2D eigenvalue weighted by Crippen LogP contribution is 2.53. The fourth-order valence-electron chi connectivity index (χ4n) is 5.40. The maximum absolute atomic E-state index is 14.9. The lowest BCUT2D eigenvalue weighted by Gasteiger charge is -2.44. The van der Waals surface area contributed by atoms with Crippen molar-refractivity contribution in [3.8, 4) is 0 Å². The molecule has 194 valence electrons. The molecule has 1 aliphatic carbocycles. The van der Waals surface area contributed by atoms with E-state index in [9.17, 15) is 27.1 Å². The summed E-state index contributed by atoms with van der Waals surface area (Å²) in [5.41, 5.74) is -0.630. The number of benzene rings is 2. The maximum Gasteiger partial charge on any atom is 0.410 e. The number of likely N-dealkylation sites (tertiary alicyclic amines) is 1. The highest BCUT2D eigenvalue weighted by atomic mass is 35.5. The third-order valence-corrected chi connectivity index (χ3v) is 9.50. The summed E-state index contributed by atoms with van der Waals surface area (Å²) in [6.45, 7) is 0.508. The average molecular weight is 541 g/mol. The van der Waals surface area contributed by atoms with E-state index < -0.39 is 56.4 Å². The van der Waals surface area contributed by atoms with Gasteiger partial charge in [0.25, 0.3) is 0 Å². The number of piperidine rings is 1. The molecule has 36 heavy (non-hydrogen) atoms. The summed E-state index contributed by atoms with van der Waals surface area (Å²) in [4.78, 5) is 13.8. The molecule has 2 aromatic rings. The van der Waals surface area contributed by atoms with Gasteiger partial charge in [-0.15, -0.1) is 0 Å². The molecule has 3 atom stereocenters. The Hall–Kier alpha value is -2.27. The molecule has 11 heteroatoms. The molecule has 0 spiro atoms. The lowest BCUT2D eigenvalue weighted by molar-refractivity contribution is -0.00726. The summed E-state index contributed by atoms with van der Waals surface area (Å²) in [5.74, 6) is -1.50. The van der Waals surface area contributed by atoms with Crippen LogP contribution in [0.4, 0.5) is 13.6 Å². The molecule has 7 nitrogen and oxygen atoms in total. The van der Waals surface area contributed by atoms with Crippen molar-refractivity contribution in [3.05, 3.63) is 64.7 Å². The second-order valence-electron chi connectivity index (χ2n) is 9.75. The third-order valence-electron chi connectivity index (χ3n) is 7.31. The third kappa shape index (κ3) is 4.71. The quantitative estimate of drug-likeness (QED) is 0.597. The zero-order valence-electron chi connectivity index (χ0n) is 19.4. The molecule has 2 aromatic carbocycles. The first kappa shape index (κ1) is 25.4. The molecule has 1 amide bonds. The average Bonchev–Trinajstić information content (AvgIpc) is 3.48. The number of hydrogen-bond donors (Lipinski definition) is 1. The van der Waals surface area contributed by atoms with Crippen molar-refractivity contribution in [2.24, 2.45) is 0 Å². The Morgan fingerprint density at radius 1 is 1.11 bits per heavy atom. The first-order chi connectivity index (χ1) is 17.1. The summed E-state index contributed by atoms with van der Waals surface area (Å²) in [7, 11) is -4.44. The van der Waals surface area contributed by atoms with Crippen LogP contribution in [-0.4, -0.2) is 59.7 Å². The minimum Gasteiger partial charge on any atom is -0.441 e. The molecule has 3 fully saturated rings. The van der Waals surface area contributed by atoms with Gasteiger partial charge in [0.2, 0.25) is 10.0 Å². The summed E-state index contributed by atoms with van der Waals surface area (Å²) < 4.78 is 64.3. The van der Waals surface area contributed by atoms with Crippen molar-refractivity contribution in [1.29, 1.82) is 0 Å². The van der Waals surface area contributed by atoms with Crippen LogP contribution in [0.25, 0.3) is 0 Å². The summed E-state index contributed by atoms with van der Waals surface area (Å²) in [6.07, 6.45) is 1.53. The van der Waals surface area contributed by atoms with Gasteiger partial charge < -0.3 is 14.7 Å². The molecule has 1 unspecified atom stereocenters. The number of rotatable bonds is 5. The molecule has 2 aliphatic heterocycles. The second kappa shape index (κ2) is 9.55. The van der Waals surface area contributed by atoms with Gasteiger partial charge in [-0.25, -0.2) is 22.0 Å². The van der Waals surface area contributed by atoms with Crippen molar-refractivity contribution >= 4 is 27.7 Å². The van der Waals surface area contributed by atoms with Gasteiger partial charge in [0.05, 0.1) is 18.2 Å². The SMILES string of the molecule is O=C(OC1([C@H]2CCC[C@@H](c3cccc(F)c3)N2S(=O)(=O)c2ccc(Cl)cc2F)CC1)N1CCC(O)C1. The van der Waals surface area contributed by atoms with Gasteiger partial charge in [-0.2, -0.15) is 4.31 Å². The van der Waals surface area contributed by atoms with E-state index in [2.05, 4.69) is 0 Å². The Balaban J connectivity index is 1.55. The largest absolute Gasteiger partial charge is 0.441 e. The Kier molecular flexibility index (Phi) is 6.74. The van der Waals surface area contributed by atoms with Gasteiger partial charge in [-0.3, -0.25) is 0 Å². The van der Waals surface area contributed by atoms with Crippen LogP contribution in [0.5, 0.6) is 0 Å². The number of halogens is 3. The number of carbonyl (C=O) groups is 1. The maximum atomic E-state index is 14.9. The van der Waals surface area contributed by atoms with Crippen molar-refractivity contribution in [2.75, 3.05) is 13.1 Å². The lowest BCUT2D eigenvalue weighted by Crippen LogP contribution is -2.54. The molecular formula is C25H27ClF2N2O5S. The Morgan fingerprint density at radius 3 is 2.53 bits per heavy atom.